The van der Waals surface area contributed by atoms with Gasteiger partial charge in [-0.05, 0) is 24.6 Å². The first-order valence-electron chi connectivity index (χ1n) is 9.75. The van der Waals surface area contributed by atoms with Crippen molar-refractivity contribution in [1.29, 1.82) is 0 Å². The number of aliphatic imine (C=N–C) groups is 1. The molecule has 0 aliphatic carbocycles. The van der Waals surface area contributed by atoms with E-state index in [1.807, 2.05) is 0 Å². The molecule has 0 radical (unpaired) electrons. The van der Waals surface area contributed by atoms with Crippen molar-refractivity contribution in [3.63, 3.8) is 0 Å². The van der Waals surface area contributed by atoms with E-state index in [1.54, 1.807) is 30.3 Å². The summed E-state index contributed by atoms with van der Waals surface area (Å²) >= 11 is 1.31. The molecule has 2 aliphatic heterocycles. The predicted molar refractivity (Wildman–Crippen MR) is 112 cm³/mol. The Morgan fingerprint density at radius 1 is 1.23 bits per heavy atom. The number of hydrogen-bond donors (Lipinski definition) is 2. The van der Waals surface area contributed by atoms with E-state index < -0.39 is 29.2 Å². The number of carboxylic acids is 1. The number of thioether (sulfide) groups is 1. The summed E-state index contributed by atoms with van der Waals surface area (Å²) in [5.74, 6) is -2.55. The molecule has 3 unspecified atom stereocenters. The highest BCUT2D eigenvalue weighted by molar-refractivity contribution is 8.13. The first-order chi connectivity index (χ1) is 14.9. The molecule has 0 bridgehead atoms. The molecule has 1 saturated heterocycles. The molecule has 0 spiro atoms. The third-order valence-electron chi connectivity index (χ3n) is 5.54. The van der Waals surface area contributed by atoms with Crippen molar-refractivity contribution in [2.75, 3.05) is 12.4 Å². The number of aliphatic carboxylic acids is 1. The lowest BCUT2D eigenvalue weighted by atomic mass is 9.74. The number of amides is 1. The van der Waals surface area contributed by atoms with Crippen molar-refractivity contribution in [3.05, 3.63) is 71.3 Å². The van der Waals surface area contributed by atoms with Crippen LogP contribution in [0.25, 0.3) is 0 Å². The number of rotatable bonds is 4. The minimum absolute atomic E-state index is 0.0660. The molecule has 0 aromatic heterocycles. The van der Waals surface area contributed by atoms with E-state index in [9.17, 15) is 18.4 Å². The van der Waals surface area contributed by atoms with Crippen LogP contribution in [0.15, 0.2) is 53.5 Å². The van der Waals surface area contributed by atoms with Gasteiger partial charge in [-0.15, -0.1) is 0 Å². The molecular weight excluding hydrogens is 426 g/mol. The summed E-state index contributed by atoms with van der Waals surface area (Å²) in [7, 11) is 0. The largest absolute Gasteiger partial charge is 0.481 e. The van der Waals surface area contributed by atoms with Gasteiger partial charge in [-0.25, -0.2) is 13.8 Å². The number of hydrogen-bond acceptors (Lipinski definition) is 5. The summed E-state index contributed by atoms with van der Waals surface area (Å²) in [6, 6.07) is 11.9. The molecule has 2 heterocycles. The third kappa shape index (κ3) is 4.47. The lowest BCUT2D eigenvalue weighted by molar-refractivity contribution is -0.143. The summed E-state index contributed by atoms with van der Waals surface area (Å²) in [6.07, 6.45) is -0.320. The van der Waals surface area contributed by atoms with Crippen molar-refractivity contribution in [1.82, 2.24) is 5.32 Å². The van der Waals surface area contributed by atoms with Crippen molar-refractivity contribution in [2.45, 2.75) is 24.5 Å². The molecule has 0 saturated carbocycles. The number of carbonyl (C=O) groups is 2. The Bertz CT molecular complexity index is 1030. The normalized spacial score (nSPS) is 25.3. The molecule has 9 heteroatoms. The summed E-state index contributed by atoms with van der Waals surface area (Å²) in [5, 5.41) is 12.2. The first-order valence-corrected chi connectivity index (χ1v) is 10.7. The van der Waals surface area contributed by atoms with Gasteiger partial charge in [0.1, 0.15) is 17.2 Å². The molecular formula is C22H20F2N2O4S. The predicted octanol–water partition coefficient (Wildman–Crippen LogP) is 3.57. The Hall–Kier alpha value is -2.78. The van der Waals surface area contributed by atoms with Crippen molar-refractivity contribution < 1.29 is 28.2 Å². The number of benzene rings is 2. The van der Waals surface area contributed by atoms with E-state index in [2.05, 4.69) is 10.3 Å². The fourth-order valence-electron chi connectivity index (χ4n) is 4.02. The van der Waals surface area contributed by atoms with Crippen LogP contribution in [0.5, 0.6) is 0 Å². The molecule has 162 valence electrons. The van der Waals surface area contributed by atoms with Crippen LogP contribution >= 0.6 is 11.8 Å². The number of nitrogens with zero attached hydrogens (tertiary/aromatic N) is 1. The number of ether oxygens (including phenoxy) is 1. The smallest absolute Gasteiger partial charge is 0.305 e. The van der Waals surface area contributed by atoms with E-state index in [4.69, 9.17) is 9.84 Å². The Kier molecular flexibility index (Phi) is 6.06. The first kappa shape index (κ1) is 21.5. The maximum absolute atomic E-state index is 14.8. The number of carbonyl (C=O) groups excluding carboxylic acids is 1. The van der Waals surface area contributed by atoms with E-state index in [0.717, 1.165) is 12.1 Å². The van der Waals surface area contributed by atoms with Crippen LogP contribution in [0, 0.1) is 17.6 Å². The highest BCUT2D eigenvalue weighted by Crippen LogP contribution is 2.47. The number of amidine groups is 1. The van der Waals surface area contributed by atoms with Gasteiger partial charge in [0.15, 0.2) is 5.17 Å². The summed E-state index contributed by atoms with van der Waals surface area (Å²) in [5.41, 5.74) is -0.562. The highest BCUT2D eigenvalue weighted by Gasteiger charge is 2.50. The van der Waals surface area contributed by atoms with E-state index in [-0.39, 0.29) is 30.4 Å². The van der Waals surface area contributed by atoms with Gasteiger partial charge in [-0.2, -0.15) is 0 Å². The van der Waals surface area contributed by atoms with Gasteiger partial charge >= 0.3 is 5.97 Å². The summed E-state index contributed by atoms with van der Waals surface area (Å²) in [6.45, 7) is -0.0660. The standard InChI is InChI=1S/C22H20F2N2O4S/c23-15-6-7-17(18(24)9-15)22-12-30-16(10-19(27)28)8-14(22)11-31-21(26-22)25-20(29)13-4-2-1-3-5-13/h1-7,9,14,16H,8,10-12H2,(H,27,28)(H,25,26,29). The molecule has 2 aromatic carbocycles. The van der Waals surface area contributed by atoms with Crippen LogP contribution < -0.4 is 5.32 Å². The Morgan fingerprint density at radius 2 is 2.00 bits per heavy atom. The van der Waals surface area contributed by atoms with E-state index in [0.29, 0.717) is 22.9 Å². The average Bonchev–Trinajstić information content (AvgIpc) is 2.74. The van der Waals surface area contributed by atoms with Gasteiger partial charge in [-0.3, -0.25) is 9.59 Å². The SMILES string of the molecule is O=C(O)CC1CC2CSC(NC(=O)c3ccccc3)=NC2(c2ccc(F)cc2F)CO1. The molecule has 4 rings (SSSR count). The van der Waals surface area contributed by atoms with Crippen LogP contribution in [0.3, 0.4) is 0 Å². The van der Waals surface area contributed by atoms with Crippen molar-refractivity contribution in [3.8, 4) is 0 Å². The van der Waals surface area contributed by atoms with Crippen LogP contribution in [0.4, 0.5) is 8.78 Å². The van der Waals surface area contributed by atoms with Gasteiger partial charge in [0.2, 0.25) is 0 Å². The second kappa shape index (κ2) is 8.76. The number of carboxylic acid groups (broad SMARTS) is 1. The monoisotopic (exact) mass is 446 g/mol. The molecule has 1 amide bonds. The Morgan fingerprint density at radius 3 is 2.71 bits per heavy atom. The van der Waals surface area contributed by atoms with Crippen molar-refractivity contribution >= 4 is 28.8 Å². The number of nitrogens with one attached hydrogen (secondary N) is 1. The minimum Gasteiger partial charge on any atom is -0.481 e. The molecule has 2 aliphatic rings. The summed E-state index contributed by atoms with van der Waals surface area (Å²) in [4.78, 5) is 28.4. The van der Waals surface area contributed by atoms with Gasteiger partial charge < -0.3 is 15.2 Å². The average molecular weight is 446 g/mol. The molecule has 1 fully saturated rings. The quantitative estimate of drug-likeness (QED) is 0.750. The van der Waals surface area contributed by atoms with Gasteiger partial charge in [-0.1, -0.05) is 36.0 Å². The molecule has 6 nitrogen and oxygen atoms in total. The molecule has 3 atom stereocenters. The third-order valence-corrected chi connectivity index (χ3v) is 6.58. The van der Waals surface area contributed by atoms with Gasteiger partial charge in [0, 0.05) is 28.9 Å². The molecule has 2 N–H and O–H groups in total. The zero-order chi connectivity index (χ0) is 22.0. The van der Waals surface area contributed by atoms with Crippen LogP contribution in [-0.4, -0.2) is 40.6 Å². The fraction of sp³-hybridized carbons (Fsp3) is 0.318. The van der Waals surface area contributed by atoms with Crippen LogP contribution in [0.1, 0.15) is 28.8 Å². The van der Waals surface area contributed by atoms with Gasteiger partial charge in [0.25, 0.3) is 5.91 Å². The highest BCUT2D eigenvalue weighted by atomic mass is 32.2. The maximum Gasteiger partial charge on any atom is 0.305 e. The Balaban J connectivity index is 1.68. The molecule has 31 heavy (non-hydrogen) atoms. The maximum atomic E-state index is 14.8. The van der Waals surface area contributed by atoms with Crippen molar-refractivity contribution in [2.24, 2.45) is 10.9 Å². The lowest BCUT2D eigenvalue weighted by Gasteiger charge is -2.46. The zero-order valence-electron chi connectivity index (χ0n) is 16.4. The van der Waals surface area contributed by atoms with Gasteiger partial charge in [0.05, 0.1) is 19.1 Å². The van der Waals surface area contributed by atoms with E-state index in [1.165, 1.54) is 17.8 Å². The second-order valence-electron chi connectivity index (χ2n) is 7.56. The topological polar surface area (TPSA) is 88.0 Å². The lowest BCUT2D eigenvalue weighted by Crippen LogP contribution is -2.51. The number of fused-ring (bicyclic) bond motifs is 1. The second-order valence-corrected chi connectivity index (χ2v) is 8.57. The van der Waals surface area contributed by atoms with Crippen LogP contribution in [0.2, 0.25) is 0 Å². The Labute approximate surface area is 181 Å². The zero-order valence-corrected chi connectivity index (χ0v) is 17.2. The minimum atomic E-state index is -1.18. The molecule has 2 aromatic rings. The fourth-order valence-corrected chi connectivity index (χ4v) is 5.19. The van der Waals surface area contributed by atoms with E-state index >= 15 is 0 Å². The van der Waals surface area contributed by atoms with Crippen LogP contribution in [-0.2, 0) is 15.1 Å². The summed E-state index contributed by atoms with van der Waals surface area (Å²) < 4.78 is 34.1. The number of halogens is 2.